The minimum absolute atomic E-state index is 0.0286. The lowest BCUT2D eigenvalue weighted by atomic mass is 9.95. The molecule has 0 saturated carbocycles. The summed E-state index contributed by atoms with van der Waals surface area (Å²) in [5.41, 5.74) is 1.32. The van der Waals surface area contributed by atoms with Crippen molar-refractivity contribution in [1.82, 2.24) is 0 Å². The molecule has 6 nitrogen and oxygen atoms in total. The van der Waals surface area contributed by atoms with Crippen molar-refractivity contribution in [3.63, 3.8) is 0 Å². The molecular weight excluding hydrogens is 396 g/mol. The molecule has 0 aliphatic carbocycles. The maximum atomic E-state index is 11.9. The van der Waals surface area contributed by atoms with E-state index in [2.05, 4.69) is 0 Å². The fraction of sp³-hybridized carbons (Fsp3) is 0.400. The normalized spacial score (nSPS) is 11.4. The first kappa shape index (κ1) is 22.5. The van der Waals surface area contributed by atoms with E-state index in [1.54, 1.807) is 7.11 Å². The molecule has 0 unspecified atom stereocenters. The van der Waals surface area contributed by atoms with E-state index in [1.807, 2.05) is 59.7 Å². The number of phenolic OH excluding ortho intramolecular Hbond substituents is 1. The number of aromatic hydroxyl groups is 1. The second kappa shape index (κ2) is 8.53. The Bertz CT molecular complexity index is 1160. The topological polar surface area (TPSA) is 74.2 Å². The summed E-state index contributed by atoms with van der Waals surface area (Å²) in [4.78, 5) is 11.9. The summed E-state index contributed by atoms with van der Waals surface area (Å²) in [5.74, 6) is 1.58. The average Bonchev–Trinajstić information content (AvgIpc) is 2.67. The summed E-state index contributed by atoms with van der Waals surface area (Å²) >= 11 is 0. The van der Waals surface area contributed by atoms with E-state index < -0.39 is 5.97 Å². The number of hydrogen-bond acceptors (Lipinski definition) is 6. The van der Waals surface area contributed by atoms with E-state index in [4.69, 9.17) is 18.9 Å². The van der Waals surface area contributed by atoms with Crippen molar-refractivity contribution in [2.75, 3.05) is 7.11 Å². The van der Waals surface area contributed by atoms with Crippen LogP contribution in [0, 0.1) is 13.8 Å². The number of phenols is 1. The summed E-state index contributed by atoms with van der Waals surface area (Å²) in [7, 11) is 1.57. The fourth-order valence-corrected chi connectivity index (χ4v) is 3.81. The lowest BCUT2D eigenvalue weighted by Crippen LogP contribution is -2.11. The molecule has 0 bridgehead atoms. The van der Waals surface area contributed by atoms with Crippen LogP contribution in [0.2, 0.25) is 0 Å². The number of ether oxygens (including phenoxy) is 4. The van der Waals surface area contributed by atoms with E-state index >= 15 is 0 Å². The van der Waals surface area contributed by atoms with Crippen LogP contribution in [-0.4, -0.2) is 30.4 Å². The van der Waals surface area contributed by atoms with Gasteiger partial charge in [0.1, 0.15) is 17.2 Å². The Balaban J connectivity index is 2.51. The molecule has 1 N–H and O–H groups in total. The third-order valence-electron chi connectivity index (χ3n) is 5.01. The van der Waals surface area contributed by atoms with Crippen molar-refractivity contribution < 1.29 is 28.8 Å². The Morgan fingerprint density at radius 3 is 2.10 bits per heavy atom. The number of carbonyl (C=O) groups excluding carboxylic acids is 1. The van der Waals surface area contributed by atoms with Crippen LogP contribution in [0.4, 0.5) is 0 Å². The van der Waals surface area contributed by atoms with E-state index in [1.165, 1.54) is 6.92 Å². The van der Waals surface area contributed by atoms with E-state index in [0.29, 0.717) is 50.3 Å². The number of benzene rings is 3. The van der Waals surface area contributed by atoms with Gasteiger partial charge in [0, 0.05) is 34.2 Å². The fourth-order valence-electron chi connectivity index (χ4n) is 3.81. The number of rotatable bonds is 6. The standard InChI is InChI=1S/C25H30O6/c1-12(2)29-19-11-17-9-10-18-21(20(17)22(27)14(19)5)23(28-8)15(6)24(30-13(3)4)25(18)31-16(7)26/h9-13,27H,1-8H3. The highest BCUT2D eigenvalue weighted by molar-refractivity contribution is 6.17. The third-order valence-corrected chi connectivity index (χ3v) is 5.01. The number of hydrogen-bond donors (Lipinski definition) is 1. The van der Waals surface area contributed by atoms with Gasteiger partial charge in [0.25, 0.3) is 0 Å². The molecule has 0 spiro atoms. The predicted molar refractivity (Wildman–Crippen MR) is 122 cm³/mol. The van der Waals surface area contributed by atoms with Crippen LogP contribution in [0.3, 0.4) is 0 Å². The zero-order valence-electron chi connectivity index (χ0n) is 19.4. The highest BCUT2D eigenvalue weighted by Gasteiger charge is 2.25. The second-order valence-corrected chi connectivity index (χ2v) is 8.18. The van der Waals surface area contributed by atoms with Crippen LogP contribution in [-0.2, 0) is 4.79 Å². The molecule has 6 heteroatoms. The van der Waals surface area contributed by atoms with Crippen molar-refractivity contribution in [3.8, 4) is 28.7 Å². The van der Waals surface area contributed by atoms with Gasteiger partial charge in [0.15, 0.2) is 11.5 Å². The Morgan fingerprint density at radius 2 is 1.55 bits per heavy atom. The first-order valence-corrected chi connectivity index (χ1v) is 10.4. The van der Waals surface area contributed by atoms with Gasteiger partial charge in [0.05, 0.1) is 19.3 Å². The highest BCUT2D eigenvalue weighted by Crippen LogP contribution is 2.51. The minimum atomic E-state index is -0.458. The minimum Gasteiger partial charge on any atom is -0.507 e. The van der Waals surface area contributed by atoms with Gasteiger partial charge in [-0.3, -0.25) is 4.79 Å². The molecule has 0 heterocycles. The van der Waals surface area contributed by atoms with Crippen LogP contribution < -0.4 is 18.9 Å². The molecule has 0 atom stereocenters. The monoisotopic (exact) mass is 426 g/mol. The summed E-state index contributed by atoms with van der Waals surface area (Å²) in [5, 5.41) is 13.8. The van der Waals surface area contributed by atoms with Gasteiger partial charge in [-0.25, -0.2) is 0 Å². The van der Waals surface area contributed by atoms with Gasteiger partial charge >= 0.3 is 5.97 Å². The lowest BCUT2D eigenvalue weighted by molar-refractivity contribution is -0.131. The molecule has 0 fully saturated rings. The van der Waals surface area contributed by atoms with E-state index in [0.717, 1.165) is 5.39 Å². The van der Waals surface area contributed by atoms with Gasteiger partial charge in [0.2, 0.25) is 0 Å². The molecule has 0 aliphatic heterocycles. The molecule has 0 saturated heterocycles. The first-order valence-electron chi connectivity index (χ1n) is 10.4. The Hall–Kier alpha value is -3.15. The van der Waals surface area contributed by atoms with Gasteiger partial charge in [-0.15, -0.1) is 0 Å². The van der Waals surface area contributed by atoms with Gasteiger partial charge in [-0.1, -0.05) is 6.07 Å². The zero-order valence-corrected chi connectivity index (χ0v) is 19.4. The first-order chi connectivity index (χ1) is 14.6. The van der Waals surface area contributed by atoms with Crippen molar-refractivity contribution in [3.05, 3.63) is 29.3 Å². The molecule has 31 heavy (non-hydrogen) atoms. The second-order valence-electron chi connectivity index (χ2n) is 8.18. The molecule has 3 rings (SSSR count). The number of methoxy groups -OCH3 is 1. The quantitative estimate of drug-likeness (QED) is 0.304. The summed E-state index contributed by atoms with van der Waals surface area (Å²) in [6, 6.07) is 5.62. The maximum Gasteiger partial charge on any atom is 0.308 e. The number of esters is 1. The van der Waals surface area contributed by atoms with Crippen molar-refractivity contribution in [2.45, 2.75) is 60.7 Å². The van der Waals surface area contributed by atoms with Crippen molar-refractivity contribution in [1.29, 1.82) is 0 Å². The van der Waals surface area contributed by atoms with Crippen molar-refractivity contribution in [2.24, 2.45) is 0 Å². The summed E-state index contributed by atoms with van der Waals surface area (Å²) in [6.45, 7) is 12.7. The van der Waals surface area contributed by atoms with Crippen LogP contribution in [0.25, 0.3) is 21.5 Å². The number of fused-ring (bicyclic) bond motifs is 3. The molecular formula is C25H30O6. The molecule has 0 radical (unpaired) electrons. The Kier molecular flexibility index (Phi) is 6.20. The summed E-state index contributed by atoms with van der Waals surface area (Å²) in [6.07, 6.45) is -0.166. The van der Waals surface area contributed by atoms with Crippen LogP contribution in [0.15, 0.2) is 18.2 Å². The number of carbonyl (C=O) groups is 1. The van der Waals surface area contributed by atoms with Crippen LogP contribution in [0.5, 0.6) is 28.7 Å². The van der Waals surface area contributed by atoms with Crippen molar-refractivity contribution >= 4 is 27.5 Å². The van der Waals surface area contributed by atoms with Gasteiger partial charge in [-0.2, -0.15) is 0 Å². The Morgan fingerprint density at radius 1 is 0.903 bits per heavy atom. The molecule has 3 aromatic rings. The van der Waals surface area contributed by atoms with E-state index in [9.17, 15) is 9.90 Å². The van der Waals surface area contributed by atoms with E-state index in [-0.39, 0.29) is 18.0 Å². The predicted octanol–water partition coefficient (Wildman–Crippen LogP) is 5.82. The van der Waals surface area contributed by atoms with Gasteiger partial charge in [-0.05, 0) is 59.1 Å². The molecule has 0 aliphatic rings. The van der Waals surface area contributed by atoms with Crippen LogP contribution in [0.1, 0.15) is 45.7 Å². The maximum absolute atomic E-state index is 11.9. The Labute approximate surface area is 182 Å². The molecule has 166 valence electrons. The zero-order chi connectivity index (χ0) is 23.0. The molecule has 0 aromatic heterocycles. The highest BCUT2D eigenvalue weighted by atomic mass is 16.6. The molecule has 3 aromatic carbocycles. The van der Waals surface area contributed by atoms with Gasteiger partial charge < -0.3 is 24.1 Å². The average molecular weight is 427 g/mol. The molecule has 0 amide bonds. The summed E-state index contributed by atoms with van der Waals surface area (Å²) < 4.78 is 23.3. The smallest absolute Gasteiger partial charge is 0.308 e. The SMILES string of the molecule is COc1c(C)c(OC(C)C)c(OC(C)=O)c2ccc3cc(OC(C)C)c(C)c(O)c3c12. The van der Waals surface area contributed by atoms with Crippen LogP contribution >= 0.6 is 0 Å². The lowest BCUT2D eigenvalue weighted by Gasteiger charge is -2.22. The third kappa shape index (κ3) is 4.07. The largest absolute Gasteiger partial charge is 0.507 e.